The van der Waals surface area contributed by atoms with Gasteiger partial charge in [0.25, 0.3) is 0 Å². The molecule has 0 atom stereocenters. The predicted molar refractivity (Wildman–Crippen MR) is 80.3 cm³/mol. The molecule has 0 radical (unpaired) electrons. The van der Waals surface area contributed by atoms with Crippen LogP contribution in [0.2, 0.25) is 0 Å². The normalized spacial score (nSPS) is 10.5. The lowest BCUT2D eigenvalue weighted by molar-refractivity contribution is 0.414. The fourth-order valence-electron chi connectivity index (χ4n) is 2.17. The van der Waals surface area contributed by atoms with E-state index in [-0.39, 0.29) is 0 Å². The second kappa shape index (κ2) is 5.21. The molecule has 0 aliphatic carbocycles. The Morgan fingerprint density at radius 1 is 1.00 bits per heavy atom. The largest absolute Gasteiger partial charge is 0.497 e. The Morgan fingerprint density at radius 3 is 2.50 bits per heavy atom. The van der Waals surface area contributed by atoms with Crippen molar-refractivity contribution in [2.24, 2.45) is 0 Å². The van der Waals surface area contributed by atoms with Crippen LogP contribution in [-0.2, 0) is 0 Å². The van der Waals surface area contributed by atoms with Crippen LogP contribution in [-0.4, -0.2) is 16.9 Å². The lowest BCUT2D eigenvalue weighted by Crippen LogP contribution is -1.93. The van der Waals surface area contributed by atoms with Crippen molar-refractivity contribution in [1.29, 1.82) is 0 Å². The standard InChI is InChI=1S/C17H16N2O/c1-13-4-3-5-14(10-13)15-11-18-19(12-15)16-6-8-17(20-2)9-7-16/h3-12H,1-2H3. The molecule has 3 heteroatoms. The molecule has 0 amide bonds. The molecule has 0 aliphatic heterocycles. The van der Waals surface area contributed by atoms with Gasteiger partial charge in [-0.25, -0.2) is 4.68 Å². The first-order chi connectivity index (χ1) is 9.76. The van der Waals surface area contributed by atoms with Crippen LogP contribution in [0.4, 0.5) is 0 Å². The zero-order valence-corrected chi connectivity index (χ0v) is 11.6. The van der Waals surface area contributed by atoms with Crippen LogP contribution >= 0.6 is 0 Å². The van der Waals surface area contributed by atoms with E-state index >= 15 is 0 Å². The third-order valence-corrected chi connectivity index (χ3v) is 3.27. The number of benzene rings is 2. The Morgan fingerprint density at radius 2 is 1.80 bits per heavy atom. The summed E-state index contributed by atoms with van der Waals surface area (Å²) in [4.78, 5) is 0. The lowest BCUT2D eigenvalue weighted by Gasteiger charge is -2.03. The van der Waals surface area contributed by atoms with Crippen molar-refractivity contribution >= 4 is 0 Å². The summed E-state index contributed by atoms with van der Waals surface area (Å²) in [7, 11) is 1.67. The minimum Gasteiger partial charge on any atom is -0.497 e. The number of nitrogens with zero attached hydrogens (tertiary/aromatic N) is 2. The zero-order chi connectivity index (χ0) is 13.9. The average molecular weight is 264 g/mol. The third-order valence-electron chi connectivity index (χ3n) is 3.27. The van der Waals surface area contributed by atoms with Crippen LogP contribution in [0, 0.1) is 6.92 Å². The summed E-state index contributed by atoms with van der Waals surface area (Å²) < 4.78 is 7.04. The number of ether oxygens (including phenoxy) is 1. The highest BCUT2D eigenvalue weighted by Crippen LogP contribution is 2.21. The van der Waals surface area contributed by atoms with Crippen LogP contribution in [0.1, 0.15) is 5.56 Å². The second-order valence-electron chi connectivity index (χ2n) is 4.74. The van der Waals surface area contributed by atoms with E-state index in [1.54, 1.807) is 7.11 Å². The number of rotatable bonds is 3. The van der Waals surface area contributed by atoms with Crippen molar-refractivity contribution in [3.8, 4) is 22.6 Å². The summed E-state index contributed by atoms with van der Waals surface area (Å²) in [5.41, 5.74) is 4.57. The first kappa shape index (κ1) is 12.5. The summed E-state index contributed by atoms with van der Waals surface area (Å²) in [6, 6.07) is 16.3. The number of aromatic nitrogens is 2. The van der Waals surface area contributed by atoms with Crippen molar-refractivity contribution < 1.29 is 4.74 Å². The van der Waals surface area contributed by atoms with Gasteiger partial charge in [-0.15, -0.1) is 0 Å². The van der Waals surface area contributed by atoms with Crippen LogP contribution in [0.25, 0.3) is 16.8 Å². The Labute approximate surface area is 118 Å². The van der Waals surface area contributed by atoms with E-state index < -0.39 is 0 Å². The molecule has 100 valence electrons. The highest BCUT2D eigenvalue weighted by atomic mass is 16.5. The monoisotopic (exact) mass is 264 g/mol. The molecule has 0 fully saturated rings. The summed E-state index contributed by atoms with van der Waals surface area (Å²) in [5.74, 6) is 0.847. The van der Waals surface area contributed by atoms with Crippen LogP contribution < -0.4 is 4.74 Å². The van der Waals surface area contributed by atoms with Crippen molar-refractivity contribution in [2.75, 3.05) is 7.11 Å². The molecule has 0 saturated heterocycles. The Balaban J connectivity index is 1.93. The van der Waals surface area contributed by atoms with Gasteiger partial charge in [0.15, 0.2) is 0 Å². The smallest absolute Gasteiger partial charge is 0.119 e. The number of aryl methyl sites for hydroxylation is 1. The molecule has 3 aromatic rings. The molecule has 0 N–H and O–H groups in total. The van der Waals surface area contributed by atoms with E-state index in [0.29, 0.717) is 0 Å². The summed E-state index contributed by atoms with van der Waals surface area (Å²) in [5, 5.41) is 4.42. The molecule has 0 bridgehead atoms. The van der Waals surface area contributed by atoms with E-state index in [9.17, 15) is 0 Å². The van der Waals surface area contributed by atoms with Crippen molar-refractivity contribution in [1.82, 2.24) is 9.78 Å². The fraction of sp³-hybridized carbons (Fsp3) is 0.118. The SMILES string of the molecule is COc1ccc(-n2cc(-c3cccc(C)c3)cn2)cc1. The maximum atomic E-state index is 5.16. The highest BCUT2D eigenvalue weighted by Gasteiger charge is 2.03. The number of hydrogen-bond donors (Lipinski definition) is 0. The maximum Gasteiger partial charge on any atom is 0.119 e. The van der Waals surface area contributed by atoms with E-state index in [0.717, 1.165) is 17.0 Å². The predicted octanol–water partition coefficient (Wildman–Crippen LogP) is 3.86. The van der Waals surface area contributed by atoms with Gasteiger partial charge >= 0.3 is 0 Å². The topological polar surface area (TPSA) is 27.1 Å². The van der Waals surface area contributed by atoms with Crippen molar-refractivity contribution in [3.05, 3.63) is 66.5 Å². The van der Waals surface area contributed by atoms with Gasteiger partial charge in [-0.3, -0.25) is 0 Å². The second-order valence-corrected chi connectivity index (χ2v) is 4.74. The Bertz CT molecular complexity index is 714. The lowest BCUT2D eigenvalue weighted by atomic mass is 10.1. The van der Waals surface area contributed by atoms with Crippen LogP contribution in [0.3, 0.4) is 0 Å². The first-order valence-electron chi connectivity index (χ1n) is 6.52. The molecule has 1 aromatic heterocycles. The molecule has 0 unspecified atom stereocenters. The first-order valence-corrected chi connectivity index (χ1v) is 6.52. The summed E-state index contributed by atoms with van der Waals surface area (Å²) >= 11 is 0. The van der Waals surface area contributed by atoms with Crippen molar-refractivity contribution in [2.45, 2.75) is 6.92 Å². The quantitative estimate of drug-likeness (QED) is 0.718. The maximum absolute atomic E-state index is 5.16. The van der Waals surface area contributed by atoms with Gasteiger partial charge in [0, 0.05) is 11.8 Å². The molecule has 20 heavy (non-hydrogen) atoms. The van der Waals surface area contributed by atoms with Gasteiger partial charge in [-0.05, 0) is 36.8 Å². The fourth-order valence-corrected chi connectivity index (χ4v) is 2.17. The molecule has 0 saturated carbocycles. The summed E-state index contributed by atoms with van der Waals surface area (Å²) in [6.45, 7) is 2.09. The molecular weight excluding hydrogens is 248 g/mol. The Hall–Kier alpha value is -2.55. The van der Waals surface area contributed by atoms with Gasteiger partial charge in [0.05, 0.1) is 19.0 Å². The molecule has 2 aromatic carbocycles. The minimum absolute atomic E-state index is 0.847. The third kappa shape index (κ3) is 2.43. The number of methoxy groups -OCH3 is 1. The summed E-state index contributed by atoms with van der Waals surface area (Å²) in [6.07, 6.45) is 3.93. The van der Waals surface area contributed by atoms with Gasteiger partial charge in [-0.1, -0.05) is 29.8 Å². The molecule has 0 spiro atoms. The van der Waals surface area contributed by atoms with Crippen LogP contribution in [0.15, 0.2) is 60.9 Å². The minimum atomic E-state index is 0.847. The van der Waals surface area contributed by atoms with Gasteiger partial charge in [0.1, 0.15) is 5.75 Å². The van der Waals surface area contributed by atoms with E-state index in [1.165, 1.54) is 11.1 Å². The molecular formula is C17H16N2O. The molecule has 3 rings (SSSR count). The van der Waals surface area contributed by atoms with E-state index in [4.69, 9.17) is 4.74 Å². The zero-order valence-electron chi connectivity index (χ0n) is 11.6. The van der Waals surface area contributed by atoms with E-state index in [1.807, 2.05) is 41.3 Å². The molecule has 1 heterocycles. The van der Waals surface area contributed by atoms with Gasteiger partial charge < -0.3 is 4.74 Å². The highest BCUT2D eigenvalue weighted by molar-refractivity contribution is 5.63. The van der Waals surface area contributed by atoms with Gasteiger partial charge in [-0.2, -0.15) is 5.10 Å². The molecule has 0 aliphatic rings. The molecule has 3 nitrogen and oxygen atoms in total. The van der Waals surface area contributed by atoms with Crippen LogP contribution in [0.5, 0.6) is 5.75 Å². The van der Waals surface area contributed by atoms with E-state index in [2.05, 4.69) is 36.3 Å². The van der Waals surface area contributed by atoms with Crippen molar-refractivity contribution in [3.63, 3.8) is 0 Å². The Kier molecular flexibility index (Phi) is 3.25. The number of hydrogen-bond acceptors (Lipinski definition) is 2. The average Bonchev–Trinajstić information content (AvgIpc) is 2.97. The van der Waals surface area contributed by atoms with Gasteiger partial charge in [0.2, 0.25) is 0 Å².